The Kier molecular flexibility index (Phi) is 4.19. The summed E-state index contributed by atoms with van der Waals surface area (Å²) in [6.45, 7) is -1.59. The van der Waals surface area contributed by atoms with Crippen molar-refractivity contribution in [3.63, 3.8) is 0 Å². The highest BCUT2D eigenvalue weighted by molar-refractivity contribution is 5.80. The fraction of sp³-hybridized carbons (Fsp3) is 0.778. The van der Waals surface area contributed by atoms with E-state index in [1.54, 1.807) is 0 Å². The molecule has 1 heterocycles. The molecule has 0 aromatic heterocycles. The first-order chi connectivity index (χ1) is 7.81. The van der Waals surface area contributed by atoms with Crippen LogP contribution in [0.4, 0.5) is 18.0 Å². The molecule has 0 saturated carbocycles. The Morgan fingerprint density at radius 1 is 1.35 bits per heavy atom. The van der Waals surface area contributed by atoms with Gasteiger partial charge in [-0.05, 0) is 19.3 Å². The smallest absolute Gasteiger partial charge is 0.422 e. The van der Waals surface area contributed by atoms with Crippen molar-refractivity contribution in [2.24, 2.45) is 0 Å². The van der Waals surface area contributed by atoms with Crippen molar-refractivity contribution in [1.29, 1.82) is 0 Å². The molecule has 0 radical (unpaired) electrons. The van der Waals surface area contributed by atoms with E-state index in [1.165, 1.54) is 0 Å². The van der Waals surface area contributed by atoms with Gasteiger partial charge < -0.3 is 9.84 Å². The highest BCUT2D eigenvalue weighted by Gasteiger charge is 2.36. The molecule has 17 heavy (non-hydrogen) atoms. The van der Waals surface area contributed by atoms with Gasteiger partial charge in [0.15, 0.2) is 6.61 Å². The van der Waals surface area contributed by atoms with Crippen LogP contribution >= 0.6 is 0 Å². The fourth-order valence-electron chi connectivity index (χ4n) is 1.63. The Balaban J connectivity index is 2.56. The molecule has 1 fully saturated rings. The number of halogens is 3. The van der Waals surface area contributed by atoms with Crippen molar-refractivity contribution >= 4 is 12.1 Å². The molecule has 0 unspecified atom stereocenters. The van der Waals surface area contributed by atoms with Gasteiger partial charge in [0.2, 0.25) is 0 Å². The van der Waals surface area contributed by atoms with Crippen LogP contribution in [0.3, 0.4) is 0 Å². The summed E-state index contributed by atoms with van der Waals surface area (Å²) >= 11 is 0. The summed E-state index contributed by atoms with van der Waals surface area (Å²) in [6.07, 6.45) is -4.42. The zero-order valence-electron chi connectivity index (χ0n) is 8.87. The lowest BCUT2D eigenvalue weighted by atomic mass is 10.0. The number of ether oxygens (including phenoxy) is 1. The van der Waals surface area contributed by atoms with E-state index in [9.17, 15) is 22.8 Å². The van der Waals surface area contributed by atoms with E-state index < -0.39 is 30.9 Å². The molecule has 0 aromatic carbocycles. The summed E-state index contributed by atoms with van der Waals surface area (Å²) < 4.78 is 39.5. The van der Waals surface area contributed by atoms with Gasteiger partial charge in [-0.2, -0.15) is 13.2 Å². The molecule has 0 aromatic rings. The largest absolute Gasteiger partial charge is 0.480 e. The molecule has 1 amide bonds. The first-order valence-electron chi connectivity index (χ1n) is 5.04. The molecule has 1 N–H and O–H groups in total. The van der Waals surface area contributed by atoms with Crippen LogP contribution in [-0.2, 0) is 9.53 Å². The van der Waals surface area contributed by atoms with Gasteiger partial charge in [-0.15, -0.1) is 0 Å². The zero-order valence-corrected chi connectivity index (χ0v) is 8.87. The molecule has 1 saturated heterocycles. The number of nitrogens with zero attached hydrogens (tertiary/aromatic N) is 1. The molecular weight excluding hydrogens is 243 g/mol. The Morgan fingerprint density at radius 3 is 2.53 bits per heavy atom. The first kappa shape index (κ1) is 13.6. The maximum atomic E-state index is 11.8. The van der Waals surface area contributed by atoms with Crippen LogP contribution in [0.5, 0.6) is 0 Å². The average molecular weight is 255 g/mol. The van der Waals surface area contributed by atoms with Crippen molar-refractivity contribution in [2.75, 3.05) is 13.2 Å². The molecule has 8 heteroatoms. The molecule has 1 aliphatic rings. The molecule has 1 rings (SSSR count). The van der Waals surface area contributed by atoms with Crippen LogP contribution < -0.4 is 0 Å². The van der Waals surface area contributed by atoms with E-state index in [4.69, 9.17) is 5.11 Å². The lowest BCUT2D eigenvalue weighted by molar-refractivity contribution is -0.164. The van der Waals surface area contributed by atoms with Gasteiger partial charge in [-0.25, -0.2) is 9.59 Å². The van der Waals surface area contributed by atoms with E-state index in [0.29, 0.717) is 12.8 Å². The fourth-order valence-corrected chi connectivity index (χ4v) is 1.63. The number of carboxylic acid groups (broad SMARTS) is 1. The van der Waals surface area contributed by atoms with Crippen molar-refractivity contribution in [3.8, 4) is 0 Å². The van der Waals surface area contributed by atoms with Crippen molar-refractivity contribution in [3.05, 3.63) is 0 Å². The second kappa shape index (κ2) is 5.24. The van der Waals surface area contributed by atoms with Crippen molar-refractivity contribution < 1.29 is 32.6 Å². The van der Waals surface area contributed by atoms with Crippen molar-refractivity contribution in [1.82, 2.24) is 4.90 Å². The Bertz CT molecular complexity index is 305. The number of hydrogen-bond donors (Lipinski definition) is 1. The summed E-state index contributed by atoms with van der Waals surface area (Å²) in [7, 11) is 0. The number of carbonyl (C=O) groups excluding carboxylic acids is 1. The molecular formula is C9H12F3NO4. The van der Waals surface area contributed by atoms with Gasteiger partial charge in [-0.3, -0.25) is 4.90 Å². The van der Waals surface area contributed by atoms with E-state index >= 15 is 0 Å². The third-order valence-electron chi connectivity index (χ3n) is 2.38. The van der Waals surface area contributed by atoms with E-state index in [-0.39, 0.29) is 13.0 Å². The maximum absolute atomic E-state index is 11.8. The standard InChI is InChI=1S/C9H12F3NO4/c10-9(11,12)5-17-8(16)13-4-2-1-3-6(13)7(14)15/h6H,1-5H2,(H,14,15)/t6-/m1/s1. The van der Waals surface area contributed by atoms with Gasteiger partial charge >= 0.3 is 18.2 Å². The van der Waals surface area contributed by atoms with Gasteiger partial charge in [0.05, 0.1) is 0 Å². The summed E-state index contributed by atoms with van der Waals surface area (Å²) in [6, 6.07) is -1.09. The van der Waals surface area contributed by atoms with Gasteiger partial charge in [0, 0.05) is 6.54 Å². The van der Waals surface area contributed by atoms with Crippen LogP contribution in [0.15, 0.2) is 0 Å². The highest BCUT2D eigenvalue weighted by atomic mass is 19.4. The third kappa shape index (κ3) is 4.12. The summed E-state index contributed by atoms with van der Waals surface area (Å²) in [4.78, 5) is 22.9. The maximum Gasteiger partial charge on any atom is 0.422 e. The predicted octanol–water partition coefficient (Wildman–Crippen LogP) is 1.62. The Hall–Kier alpha value is -1.47. The number of alkyl halides is 3. The monoisotopic (exact) mass is 255 g/mol. The summed E-state index contributed by atoms with van der Waals surface area (Å²) in [5.41, 5.74) is 0. The van der Waals surface area contributed by atoms with E-state index in [1.807, 2.05) is 0 Å². The van der Waals surface area contributed by atoms with Gasteiger partial charge in [0.1, 0.15) is 6.04 Å². The minimum absolute atomic E-state index is 0.105. The Labute approximate surface area is 95.1 Å². The number of amides is 1. The number of carbonyl (C=O) groups is 2. The number of piperidine rings is 1. The van der Waals surface area contributed by atoms with Crippen LogP contribution in [0.25, 0.3) is 0 Å². The first-order valence-corrected chi connectivity index (χ1v) is 5.04. The predicted molar refractivity (Wildman–Crippen MR) is 49.4 cm³/mol. The number of rotatable bonds is 2. The quantitative estimate of drug-likeness (QED) is 0.814. The minimum Gasteiger partial charge on any atom is -0.480 e. The molecule has 1 aliphatic heterocycles. The van der Waals surface area contributed by atoms with Crippen molar-refractivity contribution in [2.45, 2.75) is 31.5 Å². The zero-order chi connectivity index (χ0) is 13.1. The van der Waals surface area contributed by atoms with Crippen LogP contribution in [0.2, 0.25) is 0 Å². The SMILES string of the molecule is O=C(O)[C@H]1CCCCN1C(=O)OCC(F)(F)F. The highest BCUT2D eigenvalue weighted by Crippen LogP contribution is 2.20. The minimum atomic E-state index is -4.61. The number of hydrogen-bond acceptors (Lipinski definition) is 3. The van der Waals surface area contributed by atoms with Gasteiger partial charge in [0.25, 0.3) is 0 Å². The van der Waals surface area contributed by atoms with E-state index in [2.05, 4.69) is 4.74 Å². The third-order valence-corrected chi connectivity index (χ3v) is 2.38. The number of aliphatic carboxylic acids is 1. The molecule has 5 nitrogen and oxygen atoms in total. The van der Waals surface area contributed by atoms with Gasteiger partial charge in [-0.1, -0.05) is 0 Å². The van der Waals surface area contributed by atoms with Crippen LogP contribution in [0.1, 0.15) is 19.3 Å². The summed E-state index contributed by atoms with van der Waals surface area (Å²) in [5.74, 6) is -1.23. The Morgan fingerprint density at radius 2 is 2.00 bits per heavy atom. The number of likely N-dealkylation sites (tertiary alicyclic amines) is 1. The molecule has 0 bridgehead atoms. The second-order valence-electron chi connectivity index (χ2n) is 3.71. The molecule has 0 aliphatic carbocycles. The van der Waals surface area contributed by atoms with Crippen LogP contribution in [-0.4, -0.2) is 47.4 Å². The van der Waals surface area contributed by atoms with Crippen LogP contribution in [0, 0.1) is 0 Å². The molecule has 1 atom stereocenters. The lowest BCUT2D eigenvalue weighted by Gasteiger charge is -2.32. The lowest BCUT2D eigenvalue weighted by Crippen LogP contribution is -2.48. The number of carboxylic acids is 1. The topological polar surface area (TPSA) is 66.8 Å². The second-order valence-corrected chi connectivity index (χ2v) is 3.71. The molecule has 98 valence electrons. The normalized spacial score (nSPS) is 21.1. The molecule has 0 spiro atoms. The summed E-state index contributed by atoms with van der Waals surface area (Å²) in [5, 5.41) is 8.81. The van der Waals surface area contributed by atoms with E-state index in [0.717, 1.165) is 4.90 Å². The average Bonchev–Trinajstić information content (AvgIpc) is 2.25.